The average Bonchev–Trinajstić information content (AvgIpc) is 3.93. The molecule has 0 radical (unpaired) electrons. The summed E-state index contributed by atoms with van der Waals surface area (Å²) in [6.07, 6.45) is 8.39. The van der Waals surface area contributed by atoms with Gasteiger partial charge in [-0.15, -0.1) is 0 Å². The third kappa shape index (κ3) is 4.54. The van der Waals surface area contributed by atoms with Crippen LogP contribution in [0.25, 0.3) is 65.9 Å². The highest BCUT2D eigenvalue weighted by Gasteiger charge is 2.37. The molecule has 2 unspecified atom stereocenters. The van der Waals surface area contributed by atoms with Crippen LogP contribution in [0.15, 0.2) is 191 Å². The number of ether oxygens (including phenoxy) is 1. The van der Waals surface area contributed by atoms with Crippen molar-refractivity contribution in [1.29, 1.82) is 0 Å². The Morgan fingerprint density at radius 1 is 0.519 bits per heavy atom. The zero-order valence-corrected chi connectivity index (χ0v) is 28.1. The molecule has 0 bridgehead atoms. The van der Waals surface area contributed by atoms with Crippen LogP contribution in [0.5, 0.6) is 5.75 Å². The number of allylic oxidation sites excluding steroid dienone is 1. The molecule has 2 aliphatic rings. The molecule has 11 rings (SSSR count). The molecule has 0 spiro atoms. The topological polar surface area (TPSA) is 38.8 Å². The number of hydrogen-bond acceptors (Lipinski definition) is 4. The zero-order chi connectivity index (χ0) is 34.2. The molecule has 1 aliphatic carbocycles. The van der Waals surface area contributed by atoms with E-state index in [1.54, 1.807) is 6.26 Å². The summed E-state index contributed by atoms with van der Waals surface area (Å²) in [6.45, 7) is 0. The predicted octanol–water partition coefficient (Wildman–Crippen LogP) is 13.0. The lowest BCUT2D eigenvalue weighted by atomic mass is 9.85. The Labute approximate surface area is 300 Å². The highest BCUT2D eigenvalue weighted by molar-refractivity contribution is 6.13. The van der Waals surface area contributed by atoms with Crippen LogP contribution in [0.4, 0.5) is 11.4 Å². The number of rotatable bonds is 5. The molecule has 4 heteroatoms. The first kappa shape index (κ1) is 29.0. The van der Waals surface area contributed by atoms with Gasteiger partial charge in [-0.1, -0.05) is 103 Å². The van der Waals surface area contributed by atoms with E-state index in [2.05, 4.69) is 163 Å². The van der Waals surface area contributed by atoms with E-state index in [9.17, 15) is 0 Å². The first-order valence-electron chi connectivity index (χ1n) is 17.7. The smallest absolute Gasteiger partial charge is 0.173 e. The van der Waals surface area contributed by atoms with E-state index in [0.717, 1.165) is 50.7 Å². The molecular formula is C48H31NO3. The van der Waals surface area contributed by atoms with E-state index < -0.39 is 0 Å². The predicted molar refractivity (Wildman–Crippen MR) is 211 cm³/mol. The SMILES string of the molecule is C1=CC2c3c(c4ccccc4c4ccccc34)OC2C=C1N(c1ccc(-c2ccc3ccccc3c2)cc1)c1ccc(-c2cc3occc3o2)cc1. The van der Waals surface area contributed by atoms with Gasteiger partial charge in [0.05, 0.1) is 6.26 Å². The second-order valence-electron chi connectivity index (χ2n) is 13.6. The van der Waals surface area contributed by atoms with E-state index >= 15 is 0 Å². The maximum atomic E-state index is 6.92. The van der Waals surface area contributed by atoms with E-state index in [1.165, 1.54) is 43.6 Å². The molecule has 3 heterocycles. The maximum absolute atomic E-state index is 6.92. The molecule has 2 aromatic heterocycles. The quantitative estimate of drug-likeness (QED) is 0.171. The standard InChI is InChI=1S/C48H31NO3/c1-2-8-33-27-34(14-13-30(33)7-1)31-15-19-35(20-16-31)49(36-21-17-32(18-22-36)44-29-46-43(51-44)25-26-50-46)37-23-24-42-45(28-37)52-48-41-12-6-4-10-39(41)38-9-3-5-11-40(38)47(42)48/h1-29,42,45H. The summed E-state index contributed by atoms with van der Waals surface area (Å²) < 4.78 is 18.5. The van der Waals surface area contributed by atoms with Gasteiger partial charge in [-0.05, 0) is 92.7 Å². The summed E-state index contributed by atoms with van der Waals surface area (Å²) in [6, 6.07) is 53.7. The minimum absolute atomic E-state index is 0.116. The Balaban J connectivity index is 1.00. The van der Waals surface area contributed by atoms with Crippen molar-refractivity contribution < 1.29 is 13.6 Å². The molecule has 0 amide bonds. The number of hydrogen-bond donors (Lipinski definition) is 0. The Kier molecular flexibility index (Phi) is 6.34. The fraction of sp³-hybridized carbons (Fsp3) is 0.0417. The number of fused-ring (bicyclic) bond motifs is 10. The lowest BCUT2D eigenvalue weighted by molar-refractivity contribution is 0.270. The van der Waals surface area contributed by atoms with Gasteiger partial charge in [0.1, 0.15) is 17.6 Å². The van der Waals surface area contributed by atoms with Crippen molar-refractivity contribution in [3.63, 3.8) is 0 Å². The van der Waals surface area contributed by atoms with Crippen LogP contribution >= 0.6 is 0 Å². The third-order valence-electron chi connectivity index (χ3n) is 10.7. The van der Waals surface area contributed by atoms with Gasteiger partial charge in [0.2, 0.25) is 0 Å². The summed E-state index contributed by atoms with van der Waals surface area (Å²) in [5, 5.41) is 7.39. The maximum Gasteiger partial charge on any atom is 0.173 e. The van der Waals surface area contributed by atoms with Crippen LogP contribution in [-0.2, 0) is 0 Å². The van der Waals surface area contributed by atoms with Crippen molar-refractivity contribution >= 4 is 54.9 Å². The Morgan fingerprint density at radius 3 is 1.94 bits per heavy atom. The minimum Gasteiger partial charge on any atom is -0.484 e. The van der Waals surface area contributed by atoms with Gasteiger partial charge in [-0.3, -0.25) is 0 Å². The van der Waals surface area contributed by atoms with Gasteiger partial charge >= 0.3 is 0 Å². The van der Waals surface area contributed by atoms with Crippen LogP contribution in [0.1, 0.15) is 11.5 Å². The summed E-state index contributed by atoms with van der Waals surface area (Å²) in [5.74, 6) is 1.89. The summed E-state index contributed by atoms with van der Waals surface area (Å²) in [4.78, 5) is 2.32. The van der Waals surface area contributed by atoms with E-state index in [-0.39, 0.29) is 12.0 Å². The Hall–Kier alpha value is -6.78. The molecule has 4 nitrogen and oxygen atoms in total. The van der Waals surface area contributed by atoms with Crippen LogP contribution in [-0.4, -0.2) is 6.10 Å². The first-order chi connectivity index (χ1) is 25.7. The van der Waals surface area contributed by atoms with Gasteiger partial charge in [-0.2, -0.15) is 0 Å². The van der Waals surface area contributed by atoms with Crippen molar-refractivity contribution in [2.24, 2.45) is 0 Å². The molecule has 7 aromatic carbocycles. The highest BCUT2D eigenvalue weighted by atomic mass is 16.5. The second-order valence-corrected chi connectivity index (χ2v) is 13.6. The summed E-state index contributed by atoms with van der Waals surface area (Å²) in [7, 11) is 0. The van der Waals surface area contributed by atoms with Crippen molar-refractivity contribution in [2.75, 3.05) is 4.90 Å². The van der Waals surface area contributed by atoms with Crippen molar-refractivity contribution in [3.05, 3.63) is 187 Å². The Bertz CT molecular complexity index is 2860. The van der Waals surface area contributed by atoms with Crippen LogP contribution < -0.4 is 9.64 Å². The van der Waals surface area contributed by atoms with Gasteiger partial charge in [0.15, 0.2) is 11.2 Å². The first-order valence-corrected chi connectivity index (χ1v) is 17.7. The lowest BCUT2D eigenvalue weighted by Crippen LogP contribution is -2.24. The van der Waals surface area contributed by atoms with Crippen LogP contribution in [0, 0.1) is 0 Å². The number of anilines is 2. The number of furan rings is 2. The number of nitrogens with zero attached hydrogens (tertiary/aromatic N) is 1. The molecule has 0 saturated carbocycles. The fourth-order valence-electron chi connectivity index (χ4n) is 8.19. The van der Waals surface area contributed by atoms with E-state index in [0.29, 0.717) is 0 Å². The molecule has 0 fully saturated rings. The molecule has 1 aliphatic heterocycles. The van der Waals surface area contributed by atoms with Gasteiger partial charge < -0.3 is 18.5 Å². The van der Waals surface area contributed by atoms with E-state index in [1.807, 2.05) is 12.1 Å². The molecule has 246 valence electrons. The highest BCUT2D eigenvalue weighted by Crippen LogP contribution is 2.51. The normalized spacial score (nSPS) is 16.3. The van der Waals surface area contributed by atoms with Gasteiger partial charge in [-0.25, -0.2) is 0 Å². The molecule has 0 N–H and O–H groups in total. The summed E-state index contributed by atoms with van der Waals surface area (Å²) in [5.41, 5.74) is 9.29. The van der Waals surface area contributed by atoms with Crippen molar-refractivity contribution in [2.45, 2.75) is 12.0 Å². The summed E-state index contributed by atoms with van der Waals surface area (Å²) >= 11 is 0. The van der Waals surface area contributed by atoms with E-state index in [4.69, 9.17) is 13.6 Å². The second kappa shape index (κ2) is 11.4. The molecule has 9 aromatic rings. The molecule has 2 atom stereocenters. The van der Waals surface area contributed by atoms with Gasteiger partial charge in [0, 0.05) is 51.6 Å². The van der Waals surface area contributed by atoms with Crippen LogP contribution in [0.3, 0.4) is 0 Å². The van der Waals surface area contributed by atoms with Crippen molar-refractivity contribution in [3.8, 4) is 28.2 Å². The molecule has 0 saturated heterocycles. The zero-order valence-electron chi connectivity index (χ0n) is 28.1. The lowest BCUT2D eigenvalue weighted by Gasteiger charge is -2.30. The number of benzene rings is 7. The third-order valence-corrected chi connectivity index (χ3v) is 10.7. The van der Waals surface area contributed by atoms with Crippen molar-refractivity contribution in [1.82, 2.24) is 0 Å². The van der Waals surface area contributed by atoms with Crippen LogP contribution in [0.2, 0.25) is 0 Å². The minimum atomic E-state index is -0.138. The van der Waals surface area contributed by atoms with Gasteiger partial charge in [0.25, 0.3) is 0 Å². The molecule has 52 heavy (non-hydrogen) atoms. The average molecular weight is 670 g/mol. The monoisotopic (exact) mass is 669 g/mol. The fourth-order valence-corrected chi connectivity index (χ4v) is 8.19. The molecular weight excluding hydrogens is 639 g/mol. The Morgan fingerprint density at radius 2 is 1.17 bits per heavy atom. The largest absolute Gasteiger partial charge is 0.484 e.